The molecule has 120 heavy (non-hydrogen) atoms. The molecule has 2 atom stereocenters. The van der Waals surface area contributed by atoms with E-state index in [1.54, 1.807) is 69.3 Å². The molecule has 4 aromatic heterocycles. The quantitative estimate of drug-likeness (QED) is 0.0131. The second kappa shape index (κ2) is 70.4. The number of esters is 7. The molecule has 0 bridgehead atoms. The van der Waals surface area contributed by atoms with Crippen LogP contribution >= 0.6 is 0 Å². The minimum atomic E-state index is -0.418. The van der Waals surface area contributed by atoms with Gasteiger partial charge in [0, 0.05) is 17.8 Å². The van der Waals surface area contributed by atoms with Crippen molar-refractivity contribution in [2.24, 2.45) is 0 Å². The summed E-state index contributed by atoms with van der Waals surface area (Å²) in [6.45, 7) is 73.7. The highest BCUT2D eigenvalue weighted by atomic mass is 16.6. The Morgan fingerprint density at radius 1 is 0.258 bits per heavy atom. The molecule has 4 heterocycles. The Balaban J connectivity index is -0.00000133. The van der Waals surface area contributed by atoms with Gasteiger partial charge in [-0.05, 0) is 190 Å². The van der Waals surface area contributed by atoms with Crippen LogP contribution in [0.25, 0.3) is 0 Å². The lowest BCUT2D eigenvalue weighted by Crippen LogP contribution is -2.51. The molecule has 0 N–H and O–H groups in total. The molecule has 4 rings (SSSR count). The van der Waals surface area contributed by atoms with Crippen LogP contribution in [0.4, 0.5) is 0 Å². The van der Waals surface area contributed by atoms with Crippen LogP contribution in [0.2, 0.25) is 0 Å². The standard InChI is InChI=1S/C16H28NO3.C15H26NO3.C15H28NO2.C14H26NO2.C13H22NO3.C12H22NO2.C10H16NO3/c1-4-7-11-17(6-3,10-5-2)12-14-20-16(18)15-9-8-13-19-15;1-4-9-16(6-3,10-5-2)11-13-19-15(17)14-8-7-12-18-14;1-5-9-12-16(8-4,11-7-3)13-14-18-15(17)10-6-2;1-5-9-14(16)17-13-12-15(8-4,10-6-2)11-7-3;1-4-14(5-2,6-3)9-11-17-13(15)12-8-7-10-16-12;1-5-9-12(14)15-11-10-13(6-2,7-3)8-4;1-11(2,3)6-8-14-10(12)9-5-4-7-13-9/h8-9,13H,4-7,10-12,14H2,1-3H3;7-8,12H,4-6,9-11,13H2,1-3H3;5,7-9,11-14H2,1-4H3;6-8,10-13H2,1-4H3;7-8,10H,4-6,9,11H2,1-3H3;6-8,10-11H2,1-4H3;4-5,7H,6,8H2,1-3H3/q7*+1. The van der Waals surface area contributed by atoms with Gasteiger partial charge in [0.05, 0.1) is 164 Å². The van der Waals surface area contributed by atoms with Crippen molar-refractivity contribution in [2.75, 3.05) is 231 Å². The monoisotopic (exact) mass is 1700 g/mol. The Kier molecular flexibility index (Phi) is 68.0. The zero-order chi connectivity index (χ0) is 91.1. The number of hydrogen-bond acceptors (Lipinski definition) is 18. The molecule has 0 saturated carbocycles. The van der Waals surface area contributed by atoms with Gasteiger partial charge in [0.1, 0.15) is 92.1 Å². The molecule has 0 fully saturated rings. The van der Waals surface area contributed by atoms with Crippen LogP contribution in [-0.2, 0) is 47.5 Å². The third kappa shape index (κ3) is 52.2. The van der Waals surface area contributed by atoms with Crippen molar-refractivity contribution in [3.63, 3.8) is 0 Å². The van der Waals surface area contributed by atoms with Crippen molar-refractivity contribution in [3.05, 3.63) is 96.6 Å². The van der Waals surface area contributed by atoms with Crippen molar-refractivity contribution in [2.45, 2.75) is 210 Å². The topological polar surface area (TPSA) is 237 Å². The van der Waals surface area contributed by atoms with E-state index in [2.05, 4.69) is 160 Å². The highest BCUT2D eigenvalue weighted by molar-refractivity contribution is 5.89. The summed E-state index contributed by atoms with van der Waals surface area (Å²) in [5.41, 5.74) is 0. The van der Waals surface area contributed by atoms with Gasteiger partial charge in [-0.1, -0.05) is 86.0 Å². The Labute approximate surface area is 726 Å². The van der Waals surface area contributed by atoms with Crippen molar-refractivity contribution >= 4 is 41.8 Å². The lowest BCUT2D eigenvalue weighted by molar-refractivity contribution is -0.926. The Bertz CT molecular complexity index is 3390. The molecule has 2 unspecified atom stereocenters. The van der Waals surface area contributed by atoms with Crippen LogP contribution in [-0.4, -0.2) is 304 Å². The lowest BCUT2D eigenvalue weighted by atomic mass is 10.2. The number of rotatable bonds is 53. The van der Waals surface area contributed by atoms with E-state index in [1.165, 1.54) is 70.2 Å². The van der Waals surface area contributed by atoms with E-state index < -0.39 is 23.9 Å². The minimum absolute atomic E-state index is 0.256. The van der Waals surface area contributed by atoms with Gasteiger partial charge in [-0.2, -0.15) is 0 Å². The Morgan fingerprint density at radius 3 is 0.617 bits per heavy atom. The first-order valence-electron chi connectivity index (χ1n) is 44.9. The van der Waals surface area contributed by atoms with Crippen LogP contribution < -0.4 is 0 Å². The van der Waals surface area contributed by atoms with Gasteiger partial charge in [-0.25, -0.2) is 33.6 Å². The maximum atomic E-state index is 11.7. The molecule has 0 spiro atoms. The first kappa shape index (κ1) is 116. The van der Waals surface area contributed by atoms with Gasteiger partial charge in [0.25, 0.3) is 0 Å². The van der Waals surface area contributed by atoms with Gasteiger partial charge in [0.2, 0.25) is 23.0 Å². The number of nitrogens with zero attached hydrogens (tertiary/aromatic N) is 7. The lowest BCUT2D eigenvalue weighted by Gasteiger charge is -2.37. The summed E-state index contributed by atoms with van der Waals surface area (Å²) in [4.78, 5) is 79.5. The normalized spacial score (nSPS) is 11.9. The summed E-state index contributed by atoms with van der Waals surface area (Å²) in [5.74, 6) is 13.2. The smallest absolute Gasteiger partial charge is 0.384 e. The molecule has 25 nitrogen and oxygen atoms in total. The molecule has 0 saturated heterocycles. The van der Waals surface area contributed by atoms with Crippen LogP contribution in [0, 0.1) is 35.5 Å². The molecule has 25 heteroatoms. The predicted molar refractivity (Wildman–Crippen MR) is 479 cm³/mol. The zero-order valence-electron chi connectivity index (χ0n) is 79.6. The fraction of sp³-hybridized carbons (Fsp3) is 0.695. The van der Waals surface area contributed by atoms with Crippen molar-refractivity contribution in [3.8, 4) is 35.5 Å². The molecular weight excluding hydrogens is 1530 g/mol. The molecule has 0 radical (unpaired) electrons. The third-order valence-corrected chi connectivity index (χ3v) is 22.2. The second-order valence-corrected chi connectivity index (χ2v) is 31.0. The summed E-state index contributed by atoms with van der Waals surface area (Å²) in [5, 5.41) is 0. The van der Waals surface area contributed by atoms with Gasteiger partial charge in [-0.3, -0.25) is 0 Å². The third-order valence-electron chi connectivity index (χ3n) is 22.2. The van der Waals surface area contributed by atoms with E-state index in [0.29, 0.717) is 46.2 Å². The molecular formula is C95H168N7O18+7. The van der Waals surface area contributed by atoms with Crippen molar-refractivity contribution in [1.29, 1.82) is 0 Å². The van der Waals surface area contributed by atoms with E-state index in [9.17, 15) is 33.6 Å². The number of carbonyl (C=O) groups excluding carboxylic acids is 7. The first-order chi connectivity index (χ1) is 57.4. The Morgan fingerprint density at radius 2 is 0.450 bits per heavy atom. The number of carbonyl (C=O) groups is 7. The minimum Gasteiger partial charge on any atom is -0.457 e. The van der Waals surface area contributed by atoms with E-state index in [4.69, 9.17) is 50.8 Å². The van der Waals surface area contributed by atoms with Gasteiger partial charge >= 0.3 is 41.8 Å². The van der Waals surface area contributed by atoms with E-state index in [1.807, 2.05) is 21.1 Å². The zero-order valence-corrected chi connectivity index (χ0v) is 79.6. The van der Waals surface area contributed by atoms with E-state index in [0.717, 1.165) is 214 Å². The molecule has 684 valence electrons. The fourth-order valence-corrected chi connectivity index (χ4v) is 14.0. The fourth-order valence-electron chi connectivity index (χ4n) is 14.0. The summed E-state index contributed by atoms with van der Waals surface area (Å²) >= 11 is 0. The number of likely N-dealkylation sites (N-methyl/N-ethyl adjacent to an activating group) is 7. The molecule has 0 aliphatic carbocycles. The van der Waals surface area contributed by atoms with Crippen LogP contribution in [0.3, 0.4) is 0 Å². The van der Waals surface area contributed by atoms with Gasteiger partial charge in [0.15, 0.2) is 0 Å². The average Bonchev–Trinajstić information content (AvgIpc) is 1.14. The summed E-state index contributed by atoms with van der Waals surface area (Å²) in [6.07, 6.45) is 17.7. The van der Waals surface area contributed by atoms with Crippen LogP contribution in [0.1, 0.15) is 252 Å². The van der Waals surface area contributed by atoms with Crippen LogP contribution in [0.15, 0.2) is 91.3 Å². The number of quaternary nitrogens is 7. The number of ether oxygens (including phenoxy) is 7. The molecule has 0 aliphatic heterocycles. The number of hydrogen-bond donors (Lipinski definition) is 0. The summed E-state index contributed by atoms with van der Waals surface area (Å²) in [6, 6.07) is 13.2. The molecule has 0 amide bonds. The maximum absolute atomic E-state index is 11.7. The Hall–Kier alpha value is -8.19. The molecule has 0 aliphatic rings. The van der Waals surface area contributed by atoms with Gasteiger partial charge < -0.3 is 82.2 Å². The van der Waals surface area contributed by atoms with E-state index in [-0.39, 0.29) is 40.9 Å². The molecule has 4 aromatic rings. The van der Waals surface area contributed by atoms with E-state index >= 15 is 0 Å². The predicted octanol–water partition coefficient (Wildman–Crippen LogP) is 16.3. The SMILES string of the molecule is CC#CC(=O)OCC[N+](CC)(CC)CC.CC#CC(=O)OCC[N+](CC)(CCC)CCC.CC#CC(=O)OCC[N+](CC)(CCC)CCCC.CCCC[N+](CC)(CCC)CCOC(=O)c1ccco1.CCC[N+](CC)(CCC)CCOC(=O)c1ccco1.CC[N+](CC)(CC)CCOC(=O)c1ccco1.C[N+](C)(C)CCOC(=O)c1ccco1. The second-order valence-electron chi connectivity index (χ2n) is 31.0. The average molecular weight is 1700 g/mol. The molecule has 0 aromatic carbocycles. The van der Waals surface area contributed by atoms with Gasteiger partial charge in [-0.15, -0.1) is 0 Å². The maximum Gasteiger partial charge on any atom is 0.384 e. The summed E-state index contributed by atoms with van der Waals surface area (Å²) < 4.78 is 62.9. The highest BCUT2D eigenvalue weighted by Crippen LogP contribution is 2.17. The largest absolute Gasteiger partial charge is 0.457 e. The first-order valence-corrected chi connectivity index (χ1v) is 44.9. The van der Waals surface area contributed by atoms with Crippen LogP contribution in [0.5, 0.6) is 0 Å². The summed E-state index contributed by atoms with van der Waals surface area (Å²) in [7, 11) is 6.13. The number of furan rings is 4. The van der Waals surface area contributed by atoms with Crippen molar-refractivity contribution in [1.82, 2.24) is 0 Å². The highest BCUT2D eigenvalue weighted by Gasteiger charge is 2.29. The van der Waals surface area contributed by atoms with Crippen molar-refractivity contribution < 1.29 is 116 Å². The number of unbranched alkanes of at least 4 members (excludes halogenated alkanes) is 2.